The van der Waals surface area contributed by atoms with Gasteiger partial charge in [0.1, 0.15) is 5.41 Å². The molecule has 0 spiro atoms. The molecule has 0 radical (unpaired) electrons. The van der Waals surface area contributed by atoms with Crippen LogP contribution >= 0.6 is 0 Å². The third kappa shape index (κ3) is 3.38. The second-order valence-electron chi connectivity index (χ2n) is 5.22. The number of carbonyl (C=O) groups excluding carboxylic acids is 1. The maximum Gasteiger partial charge on any atom is 0.471 e. The molecular formula is C14H14F3NO4. The lowest BCUT2D eigenvalue weighted by Crippen LogP contribution is -2.66. The van der Waals surface area contributed by atoms with Crippen LogP contribution in [0.25, 0.3) is 0 Å². The van der Waals surface area contributed by atoms with Gasteiger partial charge in [-0.05, 0) is 5.56 Å². The Morgan fingerprint density at radius 3 is 2.32 bits per heavy atom. The molecule has 0 atom stereocenters. The standard InChI is InChI=1S/C14H14F3NO4/c15-14(16,17)11(19)18-7-13(8-18,12(20)21)9-22-6-10-4-2-1-3-5-10/h1-5H,6-9H2,(H,20,21). The lowest BCUT2D eigenvalue weighted by atomic mass is 9.80. The molecule has 1 heterocycles. The van der Waals surface area contributed by atoms with Gasteiger partial charge < -0.3 is 14.7 Å². The molecule has 22 heavy (non-hydrogen) atoms. The number of benzene rings is 1. The summed E-state index contributed by atoms with van der Waals surface area (Å²) in [5.74, 6) is -3.29. The van der Waals surface area contributed by atoms with E-state index >= 15 is 0 Å². The average molecular weight is 317 g/mol. The highest BCUT2D eigenvalue weighted by molar-refractivity contribution is 5.86. The molecular weight excluding hydrogens is 303 g/mol. The molecule has 0 saturated carbocycles. The van der Waals surface area contributed by atoms with Crippen LogP contribution in [0.4, 0.5) is 13.2 Å². The Kier molecular flexibility index (Phi) is 4.41. The zero-order valence-corrected chi connectivity index (χ0v) is 11.5. The minimum absolute atomic E-state index is 0.156. The summed E-state index contributed by atoms with van der Waals surface area (Å²) in [6.45, 7) is -1.10. The van der Waals surface area contributed by atoms with Crippen molar-refractivity contribution in [3.05, 3.63) is 35.9 Å². The van der Waals surface area contributed by atoms with E-state index in [-0.39, 0.29) is 13.2 Å². The van der Waals surface area contributed by atoms with Crippen molar-refractivity contribution in [2.45, 2.75) is 12.8 Å². The van der Waals surface area contributed by atoms with E-state index in [2.05, 4.69) is 0 Å². The fraction of sp³-hybridized carbons (Fsp3) is 0.429. The van der Waals surface area contributed by atoms with Crippen molar-refractivity contribution in [1.82, 2.24) is 4.90 Å². The summed E-state index contributed by atoms with van der Waals surface area (Å²) in [5, 5.41) is 9.18. The average Bonchev–Trinajstić information content (AvgIpc) is 2.40. The van der Waals surface area contributed by atoms with E-state index in [1.54, 1.807) is 24.3 Å². The molecule has 1 fully saturated rings. The number of carboxylic acid groups (broad SMARTS) is 1. The van der Waals surface area contributed by atoms with E-state index in [0.29, 0.717) is 4.90 Å². The van der Waals surface area contributed by atoms with Crippen LogP contribution in [0.15, 0.2) is 30.3 Å². The zero-order chi connectivity index (χ0) is 16.4. The van der Waals surface area contributed by atoms with Gasteiger partial charge in [0.2, 0.25) is 0 Å². The minimum atomic E-state index is -4.99. The van der Waals surface area contributed by atoms with Gasteiger partial charge in [-0.1, -0.05) is 30.3 Å². The first kappa shape index (κ1) is 16.3. The quantitative estimate of drug-likeness (QED) is 0.897. The first-order chi connectivity index (χ1) is 10.2. The first-order valence-corrected chi connectivity index (χ1v) is 6.46. The molecule has 1 aromatic rings. The summed E-state index contributed by atoms with van der Waals surface area (Å²) in [7, 11) is 0. The second-order valence-corrected chi connectivity index (χ2v) is 5.22. The van der Waals surface area contributed by atoms with Crippen LogP contribution in [0, 0.1) is 5.41 Å². The van der Waals surface area contributed by atoms with E-state index in [9.17, 15) is 27.9 Å². The number of hydrogen-bond donors (Lipinski definition) is 1. The van der Waals surface area contributed by atoms with Gasteiger partial charge in [0.05, 0.1) is 13.2 Å². The van der Waals surface area contributed by atoms with Crippen LogP contribution in [0.1, 0.15) is 5.56 Å². The third-order valence-corrected chi connectivity index (χ3v) is 3.46. The third-order valence-electron chi connectivity index (χ3n) is 3.46. The van der Waals surface area contributed by atoms with E-state index in [0.717, 1.165) is 5.56 Å². The van der Waals surface area contributed by atoms with Crippen LogP contribution in [-0.4, -0.2) is 47.8 Å². The summed E-state index contributed by atoms with van der Waals surface area (Å²) >= 11 is 0. The number of alkyl halides is 3. The van der Waals surface area contributed by atoms with E-state index in [1.165, 1.54) is 0 Å². The lowest BCUT2D eigenvalue weighted by molar-refractivity contribution is -0.203. The number of halogens is 3. The number of likely N-dealkylation sites (tertiary alicyclic amines) is 1. The molecule has 1 amide bonds. The van der Waals surface area contributed by atoms with Gasteiger partial charge in [-0.15, -0.1) is 0 Å². The molecule has 0 unspecified atom stereocenters. The van der Waals surface area contributed by atoms with Gasteiger partial charge in [0.15, 0.2) is 0 Å². The number of nitrogens with zero attached hydrogens (tertiary/aromatic N) is 1. The summed E-state index contributed by atoms with van der Waals surface area (Å²) in [6, 6.07) is 8.97. The summed E-state index contributed by atoms with van der Waals surface area (Å²) < 4.78 is 42.1. The normalized spacial score (nSPS) is 17.0. The Balaban J connectivity index is 1.90. The van der Waals surface area contributed by atoms with Crippen molar-refractivity contribution in [3.63, 3.8) is 0 Å². The highest BCUT2D eigenvalue weighted by atomic mass is 19.4. The van der Waals surface area contributed by atoms with Crippen molar-refractivity contribution in [3.8, 4) is 0 Å². The fourth-order valence-corrected chi connectivity index (χ4v) is 2.23. The van der Waals surface area contributed by atoms with Crippen LogP contribution in [0.5, 0.6) is 0 Å². The number of carbonyl (C=O) groups is 2. The topological polar surface area (TPSA) is 66.8 Å². The van der Waals surface area contributed by atoms with E-state index in [4.69, 9.17) is 4.74 Å². The lowest BCUT2D eigenvalue weighted by Gasteiger charge is -2.46. The van der Waals surface area contributed by atoms with Crippen molar-refractivity contribution in [2.75, 3.05) is 19.7 Å². The van der Waals surface area contributed by atoms with E-state index < -0.39 is 36.6 Å². The molecule has 1 aliphatic rings. The van der Waals surface area contributed by atoms with Gasteiger partial charge in [-0.2, -0.15) is 13.2 Å². The number of amides is 1. The van der Waals surface area contributed by atoms with Crippen molar-refractivity contribution >= 4 is 11.9 Å². The molecule has 5 nitrogen and oxygen atoms in total. The molecule has 1 saturated heterocycles. The molecule has 1 aromatic carbocycles. The van der Waals surface area contributed by atoms with Crippen molar-refractivity contribution in [1.29, 1.82) is 0 Å². The Labute approximate surface area is 124 Å². The smallest absolute Gasteiger partial charge is 0.471 e. The van der Waals surface area contributed by atoms with Gasteiger partial charge in [0.25, 0.3) is 0 Å². The minimum Gasteiger partial charge on any atom is -0.481 e. The molecule has 2 rings (SSSR count). The molecule has 0 aromatic heterocycles. The second kappa shape index (κ2) is 5.96. The zero-order valence-electron chi connectivity index (χ0n) is 11.5. The van der Waals surface area contributed by atoms with E-state index in [1.807, 2.05) is 6.07 Å². The van der Waals surface area contributed by atoms with Gasteiger partial charge in [0, 0.05) is 13.1 Å². The fourth-order valence-electron chi connectivity index (χ4n) is 2.23. The Bertz CT molecular complexity index is 553. The summed E-state index contributed by atoms with van der Waals surface area (Å²) in [5.41, 5.74) is -0.652. The Morgan fingerprint density at radius 1 is 1.23 bits per heavy atom. The predicted molar refractivity (Wildman–Crippen MR) is 68.8 cm³/mol. The number of ether oxygens (including phenoxy) is 1. The Morgan fingerprint density at radius 2 is 1.82 bits per heavy atom. The van der Waals surface area contributed by atoms with Crippen LogP contribution in [-0.2, 0) is 20.9 Å². The highest BCUT2D eigenvalue weighted by Crippen LogP contribution is 2.34. The van der Waals surface area contributed by atoms with Crippen LogP contribution in [0.2, 0.25) is 0 Å². The molecule has 120 valence electrons. The Hall–Kier alpha value is -2.09. The maximum atomic E-state index is 12.3. The monoisotopic (exact) mass is 317 g/mol. The highest BCUT2D eigenvalue weighted by Gasteiger charge is 2.56. The molecule has 0 aliphatic carbocycles. The van der Waals surface area contributed by atoms with Crippen molar-refractivity contribution < 1.29 is 32.6 Å². The largest absolute Gasteiger partial charge is 0.481 e. The molecule has 0 bridgehead atoms. The molecule has 1 N–H and O–H groups in total. The van der Waals surface area contributed by atoms with Gasteiger partial charge in [-0.25, -0.2) is 0 Å². The number of hydrogen-bond acceptors (Lipinski definition) is 3. The number of carboxylic acids is 1. The number of rotatable bonds is 5. The SMILES string of the molecule is O=C(N1CC(COCc2ccccc2)(C(=O)O)C1)C(F)(F)F. The summed E-state index contributed by atoms with van der Waals surface area (Å²) in [4.78, 5) is 22.8. The molecule has 8 heteroatoms. The number of aliphatic carboxylic acids is 1. The molecule has 1 aliphatic heterocycles. The van der Waals surface area contributed by atoms with Gasteiger partial charge >= 0.3 is 18.1 Å². The first-order valence-electron chi connectivity index (χ1n) is 6.46. The van der Waals surface area contributed by atoms with Crippen molar-refractivity contribution in [2.24, 2.45) is 5.41 Å². The summed E-state index contributed by atoms with van der Waals surface area (Å²) in [6.07, 6.45) is -4.99. The van der Waals surface area contributed by atoms with Gasteiger partial charge in [-0.3, -0.25) is 9.59 Å². The van der Waals surface area contributed by atoms with Crippen LogP contribution in [0.3, 0.4) is 0 Å². The predicted octanol–water partition coefficient (Wildman–Crippen LogP) is 1.68. The maximum absolute atomic E-state index is 12.3. The van der Waals surface area contributed by atoms with Crippen LogP contribution < -0.4 is 0 Å².